The molecule has 0 aliphatic rings. The molecule has 0 saturated heterocycles. The molecule has 0 bridgehead atoms. The predicted octanol–water partition coefficient (Wildman–Crippen LogP) is 3.33. The van der Waals surface area contributed by atoms with Crippen molar-refractivity contribution in [2.75, 3.05) is 7.11 Å². The van der Waals surface area contributed by atoms with Crippen LogP contribution in [0.5, 0.6) is 5.75 Å². The number of hydrogen-bond acceptors (Lipinski definition) is 4. The number of thiocarbonyl (C=S) groups is 1. The van der Waals surface area contributed by atoms with Crippen molar-refractivity contribution in [2.45, 2.75) is 26.2 Å². The van der Waals surface area contributed by atoms with E-state index in [0.29, 0.717) is 4.99 Å². The average Bonchev–Trinajstić information content (AvgIpc) is 2.83. The fourth-order valence-corrected chi connectivity index (χ4v) is 3.23. The van der Waals surface area contributed by atoms with Crippen LogP contribution >= 0.6 is 23.6 Å². The van der Waals surface area contributed by atoms with Crippen LogP contribution in [0.2, 0.25) is 0 Å². The van der Waals surface area contributed by atoms with Crippen LogP contribution in [-0.2, 0) is 12.8 Å². The number of hydrogen-bond donors (Lipinski definition) is 1. The van der Waals surface area contributed by atoms with Crippen molar-refractivity contribution in [3.8, 4) is 5.75 Å². The topological polar surface area (TPSA) is 48.1 Å². The zero-order valence-electron chi connectivity index (χ0n) is 11.7. The summed E-state index contributed by atoms with van der Waals surface area (Å²) in [5, 5.41) is 1.06. The molecule has 2 rings (SSSR count). The molecule has 0 aliphatic heterocycles. The first-order valence-electron chi connectivity index (χ1n) is 6.55. The lowest BCUT2D eigenvalue weighted by molar-refractivity contribution is 0.414. The minimum atomic E-state index is 0.451. The van der Waals surface area contributed by atoms with E-state index < -0.39 is 0 Å². The first-order chi connectivity index (χ1) is 9.63. The smallest absolute Gasteiger partial charge is 0.118 e. The molecule has 20 heavy (non-hydrogen) atoms. The molecule has 1 heterocycles. The molecule has 0 fully saturated rings. The summed E-state index contributed by atoms with van der Waals surface area (Å²) in [4.78, 5) is 6.09. The molecular formula is C15H18N2OS2. The summed E-state index contributed by atoms with van der Waals surface area (Å²) in [6.45, 7) is 2.13. The van der Waals surface area contributed by atoms with Gasteiger partial charge in [0.2, 0.25) is 0 Å². The monoisotopic (exact) mass is 306 g/mol. The molecule has 0 saturated carbocycles. The molecule has 0 spiro atoms. The highest BCUT2D eigenvalue weighted by atomic mass is 32.1. The van der Waals surface area contributed by atoms with E-state index in [9.17, 15) is 0 Å². The molecule has 0 amide bonds. The van der Waals surface area contributed by atoms with Crippen molar-refractivity contribution < 1.29 is 4.74 Å². The lowest BCUT2D eigenvalue weighted by Gasteiger charge is -2.01. The number of aryl methyl sites for hydroxylation is 1. The van der Waals surface area contributed by atoms with Gasteiger partial charge in [-0.2, -0.15) is 0 Å². The number of ether oxygens (including phenoxy) is 1. The van der Waals surface area contributed by atoms with Crippen molar-refractivity contribution >= 4 is 28.5 Å². The third-order valence-corrected chi connectivity index (χ3v) is 4.43. The van der Waals surface area contributed by atoms with Crippen molar-refractivity contribution in [1.82, 2.24) is 4.98 Å². The number of nitrogens with zero attached hydrogens (tertiary/aromatic N) is 1. The van der Waals surface area contributed by atoms with Gasteiger partial charge in [0.05, 0.1) is 22.7 Å². The number of benzene rings is 1. The van der Waals surface area contributed by atoms with Crippen LogP contribution in [-0.4, -0.2) is 17.1 Å². The van der Waals surface area contributed by atoms with Crippen molar-refractivity contribution in [3.05, 3.63) is 45.4 Å². The van der Waals surface area contributed by atoms with Gasteiger partial charge in [0, 0.05) is 6.42 Å². The van der Waals surface area contributed by atoms with Gasteiger partial charge in [-0.05, 0) is 24.1 Å². The van der Waals surface area contributed by atoms with E-state index in [1.54, 1.807) is 18.4 Å². The Hall–Kier alpha value is -1.46. The Balaban J connectivity index is 2.19. The molecule has 2 aromatic rings. The largest absolute Gasteiger partial charge is 0.497 e. The predicted molar refractivity (Wildman–Crippen MR) is 87.8 cm³/mol. The third-order valence-electron chi connectivity index (χ3n) is 2.97. The van der Waals surface area contributed by atoms with Gasteiger partial charge >= 0.3 is 0 Å². The Morgan fingerprint density at radius 2 is 2.05 bits per heavy atom. The number of thiazole rings is 1. The lowest BCUT2D eigenvalue weighted by atomic mass is 10.1. The molecule has 3 nitrogen and oxygen atoms in total. The van der Waals surface area contributed by atoms with E-state index in [-0.39, 0.29) is 0 Å². The minimum Gasteiger partial charge on any atom is -0.497 e. The van der Waals surface area contributed by atoms with E-state index in [0.717, 1.165) is 40.6 Å². The van der Waals surface area contributed by atoms with Gasteiger partial charge in [-0.1, -0.05) is 37.7 Å². The fraction of sp³-hybridized carbons (Fsp3) is 0.333. The van der Waals surface area contributed by atoms with Crippen LogP contribution in [0.15, 0.2) is 24.3 Å². The Morgan fingerprint density at radius 3 is 2.60 bits per heavy atom. The Bertz CT molecular complexity index is 590. The van der Waals surface area contributed by atoms with E-state index in [1.165, 1.54) is 5.56 Å². The second-order valence-corrected chi connectivity index (χ2v) is 6.05. The highest BCUT2D eigenvalue weighted by molar-refractivity contribution is 7.81. The summed E-state index contributed by atoms with van der Waals surface area (Å²) in [5.41, 5.74) is 8.02. The van der Waals surface area contributed by atoms with Crippen LogP contribution in [0.25, 0.3) is 0 Å². The Labute approximate surface area is 128 Å². The van der Waals surface area contributed by atoms with Crippen LogP contribution < -0.4 is 10.5 Å². The molecular weight excluding hydrogens is 288 g/mol. The van der Waals surface area contributed by atoms with E-state index in [4.69, 9.17) is 22.7 Å². The third kappa shape index (κ3) is 3.55. The zero-order chi connectivity index (χ0) is 14.5. The first kappa shape index (κ1) is 14.9. The maximum atomic E-state index is 5.77. The van der Waals surface area contributed by atoms with Crippen LogP contribution in [0.1, 0.15) is 34.5 Å². The number of methoxy groups -OCH3 is 1. The Kier molecular flexibility index (Phi) is 5.09. The Morgan fingerprint density at radius 1 is 1.35 bits per heavy atom. The number of nitrogens with two attached hydrogens (primary N) is 1. The number of rotatable bonds is 6. The minimum absolute atomic E-state index is 0.451. The van der Waals surface area contributed by atoms with Gasteiger partial charge in [0.25, 0.3) is 0 Å². The second-order valence-electron chi connectivity index (χ2n) is 4.52. The summed E-state index contributed by atoms with van der Waals surface area (Å²) in [6, 6.07) is 8.04. The maximum Gasteiger partial charge on any atom is 0.118 e. The molecule has 1 aromatic heterocycles. The van der Waals surface area contributed by atoms with Gasteiger partial charge in [-0.25, -0.2) is 4.98 Å². The lowest BCUT2D eigenvalue weighted by Crippen LogP contribution is -2.09. The molecule has 106 valence electrons. The average molecular weight is 306 g/mol. The molecule has 0 radical (unpaired) electrons. The molecule has 0 unspecified atom stereocenters. The first-order valence-corrected chi connectivity index (χ1v) is 7.77. The second kappa shape index (κ2) is 6.81. The zero-order valence-corrected chi connectivity index (χ0v) is 13.3. The molecule has 1 aromatic carbocycles. The standard InChI is InChI=1S/C15H18N2OS2/c1-3-4-12-14(15(16)19)20-13(17-12)9-10-5-7-11(18-2)8-6-10/h5-8H,3-4,9H2,1-2H3,(H2,16,19). The van der Waals surface area contributed by atoms with Crippen LogP contribution in [0, 0.1) is 0 Å². The fourth-order valence-electron chi connectivity index (χ4n) is 1.99. The summed E-state index contributed by atoms with van der Waals surface area (Å²) >= 11 is 6.71. The van der Waals surface area contributed by atoms with Gasteiger partial charge < -0.3 is 10.5 Å². The van der Waals surface area contributed by atoms with Gasteiger partial charge in [-0.3, -0.25) is 0 Å². The normalized spacial score (nSPS) is 10.5. The number of aromatic nitrogens is 1. The van der Waals surface area contributed by atoms with E-state index in [2.05, 4.69) is 24.0 Å². The quantitative estimate of drug-likeness (QED) is 0.832. The van der Waals surface area contributed by atoms with Crippen molar-refractivity contribution in [3.63, 3.8) is 0 Å². The van der Waals surface area contributed by atoms with E-state index >= 15 is 0 Å². The van der Waals surface area contributed by atoms with Crippen molar-refractivity contribution in [2.24, 2.45) is 5.73 Å². The van der Waals surface area contributed by atoms with E-state index in [1.807, 2.05) is 12.1 Å². The van der Waals surface area contributed by atoms with Crippen molar-refractivity contribution in [1.29, 1.82) is 0 Å². The molecule has 0 atom stereocenters. The van der Waals surface area contributed by atoms with Crippen LogP contribution in [0.4, 0.5) is 0 Å². The highest BCUT2D eigenvalue weighted by Gasteiger charge is 2.13. The summed E-state index contributed by atoms with van der Waals surface area (Å²) in [5.74, 6) is 0.864. The van der Waals surface area contributed by atoms with Crippen LogP contribution in [0.3, 0.4) is 0 Å². The molecule has 5 heteroatoms. The van der Waals surface area contributed by atoms with Gasteiger partial charge in [-0.15, -0.1) is 11.3 Å². The molecule has 0 aliphatic carbocycles. The summed E-state index contributed by atoms with van der Waals surface area (Å²) in [6.07, 6.45) is 2.76. The molecule has 2 N–H and O–H groups in total. The summed E-state index contributed by atoms with van der Waals surface area (Å²) < 4.78 is 5.16. The highest BCUT2D eigenvalue weighted by Crippen LogP contribution is 2.23. The SMILES string of the molecule is CCCc1nc(Cc2ccc(OC)cc2)sc1C(N)=S. The summed E-state index contributed by atoms with van der Waals surface area (Å²) in [7, 11) is 1.67. The maximum absolute atomic E-state index is 5.77. The van der Waals surface area contributed by atoms with Gasteiger partial charge in [0.1, 0.15) is 10.7 Å². The van der Waals surface area contributed by atoms with Gasteiger partial charge in [0.15, 0.2) is 0 Å².